The molecule has 12 rings (SSSR count). The Balaban J connectivity index is 1.06. The average molecular weight is 711 g/mol. The lowest BCUT2D eigenvalue weighted by molar-refractivity contribution is 0.749. The number of fused-ring (bicyclic) bond motifs is 12. The van der Waals surface area contributed by atoms with E-state index in [0.717, 1.165) is 33.6 Å². The molecule has 2 aromatic heterocycles. The van der Waals surface area contributed by atoms with Crippen molar-refractivity contribution in [3.05, 3.63) is 229 Å². The van der Waals surface area contributed by atoms with E-state index < -0.39 is 5.41 Å². The highest BCUT2D eigenvalue weighted by Gasteiger charge is 2.50. The molecule has 0 N–H and O–H groups in total. The van der Waals surface area contributed by atoms with E-state index in [2.05, 4.69) is 211 Å². The van der Waals surface area contributed by atoms with Crippen molar-refractivity contribution in [1.29, 1.82) is 0 Å². The molecule has 56 heavy (non-hydrogen) atoms. The quantitative estimate of drug-likeness (QED) is 0.178. The summed E-state index contributed by atoms with van der Waals surface area (Å²) in [6.45, 7) is 0. The van der Waals surface area contributed by atoms with Crippen LogP contribution in [-0.2, 0) is 5.41 Å². The molecule has 0 saturated heterocycles. The Morgan fingerprint density at radius 1 is 0.339 bits per heavy atom. The van der Waals surface area contributed by atoms with E-state index in [1.807, 2.05) is 0 Å². The first-order valence-electron chi connectivity index (χ1n) is 19.4. The minimum atomic E-state index is -0.471. The predicted molar refractivity (Wildman–Crippen MR) is 231 cm³/mol. The fourth-order valence-electron chi connectivity index (χ4n) is 9.81. The monoisotopic (exact) mass is 710 g/mol. The Kier molecular flexibility index (Phi) is 6.58. The summed E-state index contributed by atoms with van der Waals surface area (Å²) >= 11 is 0. The SMILES string of the molecule is c1ccc(-c2cc(-c3ccc(-c4ccc5c(c4)C4(c6ccccc6-c6ccccc64)c4cccc6c7ccccc7n-5c46)cc3)cc(-c3ccccc3)n2)cc1. The van der Waals surface area contributed by atoms with E-state index in [1.54, 1.807) is 0 Å². The molecule has 2 nitrogen and oxygen atoms in total. The molecule has 1 aliphatic heterocycles. The van der Waals surface area contributed by atoms with Crippen molar-refractivity contribution in [3.63, 3.8) is 0 Å². The Labute approximate surface area is 325 Å². The molecule has 0 fully saturated rings. The zero-order valence-electron chi connectivity index (χ0n) is 30.5. The van der Waals surface area contributed by atoms with Gasteiger partial charge in [0.05, 0.1) is 33.5 Å². The summed E-state index contributed by atoms with van der Waals surface area (Å²) in [5.74, 6) is 0. The molecule has 0 atom stereocenters. The Morgan fingerprint density at radius 3 is 1.52 bits per heavy atom. The van der Waals surface area contributed by atoms with Gasteiger partial charge in [-0.1, -0.05) is 176 Å². The third-order valence-electron chi connectivity index (χ3n) is 12.2. The van der Waals surface area contributed by atoms with Gasteiger partial charge in [0.1, 0.15) is 0 Å². The maximum atomic E-state index is 5.12. The van der Waals surface area contributed by atoms with Crippen LogP contribution in [0.15, 0.2) is 206 Å². The number of aromatic nitrogens is 2. The van der Waals surface area contributed by atoms with E-state index in [0.29, 0.717) is 0 Å². The van der Waals surface area contributed by atoms with E-state index in [4.69, 9.17) is 4.98 Å². The molecule has 0 radical (unpaired) electrons. The second-order valence-electron chi connectivity index (χ2n) is 15.1. The maximum Gasteiger partial charge on any atom is 0.0754 e. The van der Waals surface area contributed by atoms with Gasteiger partial charge in [-0.05, 0) is 86.0 Å². The third kappa shape index (κ3) is 4.30. The Bertz CT molecular complexity index is 3070. The summed E-state index contributed by atoms with van der Waals surface area (Å²) in [7, 11) is 0. The fraction of sp³-hybridized carbons (Fsp3) is 0.0185. The molecule has 0 unspecified atom stereocenters. The molecule has 0 amide bonds. The van der Waals surface area contributed by atoms with Gasteiger partial charge in [-0.15, -0.1) is 0 Å². The number of benzene rings is 8. The van der Waals surface area contributed by atoms with Gasteiger partial charge >= 0.3 is 0 Å². The molecule has 260 valence electrons. The van der Waals surface area contributed by atoms with Crippen LogP contribution in [0.2, 0.25) is 0 Å². The van der Waals surface area contributed by atoms with Crippen LogP contribution in [0.1, 0.15) is 22.3 Å². The zero-order valence-corrected chi connectivity index (χ0v) is 30.5. The van der Waals surface area contributed by atoms with E-state index in [-0.39, 0.29) is 0 Å². The Morgan fingerprint density at radius 2 is 0.857 bits per heavy atom. The van der Waals surface area contributed by atoms with Gasteiger partial charge in [0.25, 0.3) is 0 Å². The summed E-state index contributed by atoms with van der Waals surface area (Å²) in [5.41, 5.74) is 20.1. The van der Waals surface area contributed by atoms with Gasteiger partial charge in [0.2, 0.25) is 0 Å². The molecule has 2 heteroatoms. The molecule has 2 aliphatic rings. The van der Waals surface area contributed by atoms with Crippen molar-refractivity contribution in [2.45, 2.75) is 5.41 Å². The normalized spacial score (nSPS) is 13.1. The van der Waals surface area contributed by atoms with Crippen LogP contribution in [0.3, 0.4) is 0 Å². The molecule has 1 aliphatic carbocycles. The second-order valence-corrected chi connectivity index (χ2v) is 15.1. The van der Waals surface area contributed by atoms with Gasteiger partial charge in [-0.25, -0.2) is 4.98 Å². The van der Waals surface area contributed by atoms with E-state index >= 15 is 0 Å². The minimum absolute atomic E-state index is 0.471. The molecule has 8 aromatic carbocycles. The smallest absolute Gasteiger partial charge is 0.0754 e. The van der Waals surface area contributed by atoms with Crippen molar-refractivity contribution in [2.24, 2.45) is 0 Å². The predicted octanol–water partition coefficient (Wildman–Crippen LogP) is 13.5. The summed E-state index contributed by atoms with van der Waals surface area (Å²) in [6, 6.07) is 75.6. The van der Waals surface area contributed by atoms with Crippen LogP contribution < -0.4 is 0 Å². The summed E-state index contributed by atoms with van der Waals surface area (Å²) < 4.78 is 2.52. The Hall–Kier alpha value is -7.29. The van der Waals surface area contributed by atoms with Gasteiger partial charge in [0, 0.05) is 21.9 Å². The van der Waals surface area contributed by atoms with Gasteiger partial charge in [-0.3, -0.25) is 0 Å². The third-order valence-corrected chi connectivity index (χ3v) is 12.2. The highest BCUT2D eigenvalue weighted by molar-refractivity contribution is 6.13. The number of para-hydroxylation sites is 2. The van der Waals surface area contributed by atoms with Crippen LogP contribution >= 0.6 is 0 Å². The van der Waals surface area contributed by atoms with Crippen molar-refractivity contribution in [2.75, 3.05) is 0 Å². The van der Waals surface area contributed by atoms with Crippen molar-refractivity contribution >= 4 is 21.8 Å². The second kappa shape index (κ2) is 11.9. The highest BCUT2D eigenvalue weighted by atomic mass is 15.0. The number of rotatable bonds is 4. The number of nitrogens with zero attached hydrogens (tertiary/aromatic N) is 2. The van der Waals surface area contributed by atoms with Crippen LogP contribution in [0.5, 0.6) is 0 Å². The average Bonchev–Trinajstić information content (AvgIpc) is 3.77. The van der Waals surface area contributed by atoms with Crippen molar-refractivity contribution < 1.29 is 0 Å². The fourth-order valence-corrected chi connectivity index (χ4v) is 9.81. The van der Waals surface area contributed by atoms with Crippen molar-refractivity contribution in [1.82, 2.24) is 9.55 Å². The van der Waals surface area contributed by atoms with Gasteiger partial charge in [0.15, 0.2) is 0 Å². The summed E-state index contributed by atoms with van der Waals surface area (Å²) in [5, 5.41) is 2.58. The standard InChI is InChI=1S/C54H34N2/c1-3-14-37(15-4-1)49-33-40(34-50(55-49)38-16-5-2-6-17-38)36-28-26-35(27-29-36)39-30-31-52-48(32-39)54(45-22-10-7-18-41(45)42-19-8-11-23-46(42)54)47-24-13-21-44-43-20-9-12-25-51(43)56(52)53(44)47/h1-34H. The molecule has 0 saturated carbocycles. The van der Waals surface area contributed by atoms with Gasteiger partial charge < -0.3 is 4.57 Å². The molecule has 0 bridgehead atoms. The lowest BCUT2D eigenvalue weighted by Gasteiger charge is -2.40. The molecule has 10 aromatic rings. The molecule has 1 spiro atoms. The van der Waals surface area contributed by atoms with E-state index in [1.165, 1.54) is 72.0 Å². The maximum absolute atomic E-state index is 5.12. The number of hydrogen-bond acceptors (Lipinski definition) is 1. The highest BCUT2D eigenvalue weighted by Crippen LogP contribution is 2.61. The lowest BCUT2D eigenvalue weighted by atomic mass is 9.65. The summed E-state index contributed by atoms with van der Waals surface area (Å²) in [4.78, 5) is 5.12. The minimum Gasteiger partial charge on any atom is -0.309 e. The first-order chi connectivity index (χ1) is 27.8. The molecular weight excluding hydrogens is 677 g/mol. The number of pyridine rings is 1. The lowest BCUT2D eigenvalue weighted by Crippen LogP contribution is -2.33. The van der Waals surface area contributed by atoms with Crippen LogP contribution in [0.25, 0.3) is 83.4 Å². The summed E-state index contributed by atoms with van der Waals surface area (Å²) in [6.07, 6.45) is 0. The van der Waals surface area contributed by atoms with Crippen LogP contribution in [0, 0.1) is 0 Å². The first-order valence-corrected chi connectivity index (χ1v) is 19.4. The van der Waals surface area contributed by atoms with Gasteiger partial charge in [-0.2, -0.15) is 0 Å². The van der Waals surface area contributed by atoms with E-state index in [9.17, 15) is 0 Å². The largest absolute Gasteiger partial charge is 0.309 e. The topological polar surface area (TPSA) is 17.8 Å². The van der Waals surface area contributed by atoms with Crippen LogP contribution in [0.4, 0.5) is 0 Å². The zero-order chi connectivity index (χ0) is 36.8. The molecular formula is C54H34N2. The van der Waals surface area contributed by atoms with Crippen LogP contribution in [-0.4, -0.2) is 9.55 Å². The van der Waals surface area contributed by atoms with Crippen molar-refractivity contribution in [3.8, 4) is 61.6 Å². The first kappa shape index (κ1) is 31.1. The molecule has 3 heterocycles. The number of hydrogen-bond donors (Lipinski definition) is 0.